The third-order valence-electron chi connectivity index (χ3n) is 1.65. The summed E-state index contributed by atoms with van der Waals surface area (Å²) in [6, 6.07) is 8.27. The van der Waals surface area contributed by atoms with Gasteiger partial charge in [-0.3, -0.25) is 0 Å². The Labute approximate surface area is 84.6 Å². The number of halogens is 1. The molecule has 2 rings (SSSR count). The van der Waals surface area contributed by atoms with Crippen LogP contribution < -0.4 is 10.3 Å². The topological polar surface area (TPSA) is 27.6 Å². The van der Waals surface area contributed by atoms with Gasteiger partial charge < -0.3 is 5.32 Å². The lowest BCUT2D eigenvalue weighted by Gasteiger charge is -2.12. The minimum Gasteiger partial charge on any atom is -0.356 e. The molecule has 1 N–H and O–H groups in total. The van der Waals surface area contributed by atoms with E-state index >= 15 is 0 Å². The van der Waals surface area contributed by atoms with E-state index in [2.05, 4.69) is 57.3 Å². The molecule has 4 heteroatoms. The SMILES string of the molecule is Ic1ccc(N2CNC=N2)cc1. The average Bonchev–Trinajstić information content (AvgIpc) is 2.58. The fourth-order valence-electron chi connectivity index (χ4n) is 1.05. The lowest BCUT2D eigenvalue weighted by Crippen LogP contribution is -2.20. The van der Waals surface area contributed by atoms with Crippen molar-refractivity contribution < 1.29 is 0 Å². The quantitative estimate of drug-likeness (QED) is 0.787. The summed E-state index contributed by atoms with van der Waals surface area (Å²) in [6.45, 7) is 0.764. The summed E-state index contributed by atoms with van der Waals surface area (Å²) in [5.74, 6) is 0. The molecule has 0 spiro atoms. The molecule has 1 aliphatic heterocycles. The number of nitrogens with zero attached hydrogens (tertiary/aromatic N) is 2. The first kappa shape index (κ1) is 7.85. The Bertz CT molecular complexity index is 294. The van der Waals surface area contributed by atoms with Crippen LogP contribution in [-0.4, -0.2) is 13.0 Å². The van der Waals surface area contributed by atoms with Gasteiger partial charge >= 0.3 is 0 Å². The summed E-state index contributed by atoms with van der Waals surface area (Å²) in [7, 11) is 0. The molecule has 3 nitrogen and oxygen atoms in total. The molecule has 0 atom stereocenters. The van der Waals surface area contributed by atoms with Gasteiger partial charge in [0.1, 0.15) is 13.0 Å². The van der Waals surface area contributed by atoms with Crippen molar-refractivity contribution in [2.24, 2.45) is 5.10 Å². The van der Waals surface area contributed by atoms with Crippen LogP contribution >= 0.6 is 22.6 Å². The molecule has 0 saturated carbocycles. The van der Waals surface area contributed by atoms with E-state index in [1.165, 1.54) is 3.57 Å². The van der Waals surface area contributed by atoms with E-state index in [1.807, 2.05) is 5.01 Å². The first-order valence-electron chi connectivity index (χ1n) is 3.65. The third kappa shape index (κ3) is 1.52. The van der Waals surface area contributed by atoms with Crippen LogP contribution in [0.1, 0.15) is 0 Å². The summed E-state index contributed by atoms with van der Waals surface area (Å²) >= 11 is 2.29. The van der Waals surface area contributed by atoms with Crippen molar-refractivity contribution in [1.29, 1.82) is 0 Å². The summed E-state index contributed by atoms with van der Waals surface area (Å²) in [5.41, 5.74) is 1.12. The molecule has 0 aromatic heterocycles. The van der Waals surface area contributed by atoms with Crippen LogP contribution in [0.5, 0.6) is 0 Å². The maximum absolute atomic E-state index is 4.13. The minimum absolute atomic E-state index is 0.764. The molecule has 12 heavy (non-hydrogen) atoms. The van der Waals surface area contributed by atoms with Crippen LogP contribution in [0, 0.1) is 3.57 Å². The van der Waals surface area contributed by atoms with Gasteiger partial charge in [0.2, 0.25) is 0 Å². The second-order valence-corrected chi connectivity index (χ2v) is 3.73. The fraction of sp³-hybridized carbons (Fsp3) is 0.125. The summed E-state index contributed by atoms with van der Waals surface area (Å²) < 4.78 is 1.24. The van der Waals surface area contributed by atoms with Crippen LogP contribution in [0.25, 0.3) is 0 Å². The van der Waals surface area contributed by atoms with E-state index in [4.69, 9.17) is 0 Å². The zero-order chi connectivity index (χ0) is 8.39. The molecular formula is C8H8IN3. The van der Waals surface area contributed by atoms with Crippen LogP contribution in [0.4, 0.5) is 5.69 Å². The van der Waals surface area contributed by atoms with E-state index in [0.717, 1.165) is 12.4 Å². The molecule has 0 unspecified atom stereocenters. The lowest BCUT2D eigenvalue weighted by atomic mass is 10.3. The molecule has 1 aromatic carbocycles. The van der Waals surface area contributed by atoms with Gasteiger partial charge in [-0.1, -0.05) is 0 Å². The Kier molecular flexibility index (Phi) is 2.16. The molecule has 0 radical (unpaired) electrons. The van der Waals surface area contributed by atoms with E-state index in [-0.39, 0.29) is 0 Å². The van der Waals surface area contributed by atoms with Crippen molar-refractivity contribution >= 4 is 34.6 Å². The average molecular weight is 273 g/mol. The maximum atomic E-state index is 4.13. The number of anilines is 1. The highest BCUT2D eigenvalue weighted by Crippen LogP contribution is 2.16. The fourth-order valence-corrected chi connectivity index (χ4v) is 1.41. The predicted molar refractivity (Wildman–Crippen MR) is 58.1 cm³/mol. The molecule has 0 saturated heterocycles. The van der Waals surface area contributed by atoms with Gasteiger partial charge in [-0.2, -0.15) is 5.10 Å². The van der Waals surface area contributed by atoms with Crippen LogP contribution in [-0.2, 0) is 0 Å². The van der Waals surface area contributed by atoms with Gasteiger partial charge in [0.05, 0.1) is 5.69 Å². The van der Waals surface area contributed by atoms with E-state index in [9.17, 15) is 0 Å². The van der Waals surface area contributed by atoms with E-state index in [1.54, 1.807) is 6.34 Å². The Morgan fingerprint density at radius 2 is 2.08 bits per heavy atom. The molecule has 0 bridgehead atoms. The number of hydrazone groups is 1. The number of benzene rings is 1. The van der Waals surface area contributed by atoms with Crippen molar-refractivity contribution in [3.63, 3.8) is 0 Å². The zero-order valence-electron chi connectivity index (χ0n) is 6.37. The molecule has 1 heterocycles. The Hall–Kier alpha value is -0.780. The summed E-state index contributed by atoms with van der Waals surface area (Å²) in [6.07, 6.45) is 1.71. The standard InChI is InChI=1S/C8H8IN3/c9-7-1-3-8(4-2-7)12-6-10-5-11-12/h1-5H,6H2,(H,10,11). The largest absolute Gasteiger partial charge is 0.356 e. The Balaban J connectivity index is 2.23. The number of hydrogen-bond donors (Lipinski definition) is 1. The van der Waals surface area contributed by atoms with Crippen molar-refractivity contribution in [3.8, 4) is 0 Å². The predicted octanol–water partition coefficient (Wildman–Crippen LogP) is 1.60. The summed E-state index contributed by atoms with van der Waals surface area (Å²) in [5, 5.41) is 9.06. The minimum atomic E-state index is 0.764. The third-order valence-corrected chi connectivity index (χ3v) is 2.37. The smallest absolute Gasteiger partial charge is 0.111 e. The highest BCUT2D eigenvalue weighted by Gasteiger charge is 2.06. The van der Waals surface area contributed by atoms with Gasteiger partial charge in [0.25, 0.3) is 0 Å². The van der Waals surface area contributed by atoms with Crippen molar-refractivity contribution in [2.45, 2.75) is 0 Å². The van der Waals surface area contributed by atoms with Gasteiger partial charge in [-0.15, -0.1) is 0 Å². The van der Waals surface area contributed by atoms with Crippen molar-refractivity contribution in [2.75, 3.05) is 11.7 Å². The Morgan fingerprint density at radius 3 is 2.67 bits per heavy atom. The van der Waals surface area contributed by atoms with Crippen LogP contribution in [0.15, 0.2) is 29.4 Å². The monoisotopic (exact) mass is 273 g/mol. The lowest BCUT2D eigenvalue weighted by molar-refractivity contribution is 0.871. The van der Waals surface area contributed by atoms with Gasteiger partial charge in [-0.05, 0) is 46.9 Å². The number of nitrogens with one attached hydrogen (secondary N) is 1. The summed E-state index contributed by atoms with van der Waals surface area (Å²) in [4.78, 5) is 0. The van der Waals surface area contributed by atoms with Crippen LogP contribution in [0.2, 0.25) is 0 Å². The van der Waals surface area contributed by atoms with E-state index < -0.39 is 0 Å². The molecular weight excluding hydrogens is 265 g/mol. The molecule has 0 aliphatic carbocycles. The van der Waals surface area contributed by atoms with Crippen molar-refractivity contribution in [3.05, 3.63) is 27.8 Å². The second kappa shape index (κ2) is 3.30. The first-order chi connectivity index (χ1) is 5.86. The van der Waals surface area contributed by atoms with Gasteiger partial charge in [0.15, 0.2) is 0 Å². The molecule has 62 valence electrons. The highest BCUT2D eigenvalue weighted by atomic mass is 127. The van der Waals surface area contributed by atoms with E-state index in [0.29, 0.717) is 0 Å². The highest BCUT2D eigenvalue weighted by molar-refractivity contribution is 14.1. The second-order valence-electron chi connectivity index (χ2n) is 2.48. The molecule has 0 amide bonds. The molecule has 1 aromatic rings. The maximum Gasteiger partial charge on any atom is 0.111 e. The molecule has 0 fully saturated rings. The number of rotatable bonds is 1. The number of hydrogen-bond acceptors (Lipinski definition) is 3. The van der Waals surface area contributed by atoms with Gasteiger partial charge in [-0.25, -0.2) is 5.01 Å². The van der Waals surface area contributed by atoms with Crippen molar-refractivity contribution in [1.82, 2.24) is 5.32 Å². The zero-order valence-corrected chi connectivity index (χ0v) is 8.52. The first-order valence-corrected chi connectivity index (χ1v) is 4.73. The van der Waals surface area contributed by atoms with Crippen LogP contribution in [0.3, 0.4) is 0 Å². The van der Waals surface area contributed by atoms with Gasteiger partial charge in [0, 0.05) is 3.57 Å². The molecule has 1 aliphatic rings. The Morgan fingerprint density at radius 1 is 1.33 bits per heavy atom. The normalized spacial score (nSPS) is 14.9.